The number of hydrogen-bond donors (Lipinski definition) is 1. The number of rotatable bonds is 16. The first-order chi connectivity index (χ1) is 16.6. The minimum Gasteiger partial charge on any atom is -0.396 e. The van der Waals surface area contributed by atoms with Gasteiger partial charge in [0.25, 0.3) is 0 Å². The van der Waals surface area contributed by atoms with Gasteiger partial charge in [-0.15, -0.1) is 0 Å². The molecule has 1 unspecified atom stereocenters. The van der Waals surface area contributed by atoms with Crippen LogP contribution in [0.2, 0.25) is 0 Å². The maximum Gasteiger partial charge on any atom is 0.327 e. The molecule has 0 bridgehead atoms. The second-order valence-corrected chi connectivity index (χ2v) is 11.8. The number of aliphatic hydroxyl groups excluding tert-OH is 1. The van der Waals surface area contributed by atoms with Gasteiger partial charge in [-0.25, -0.2) is 0 Å². The highest BCUT2D eigenvalue weighted by Gasteiger charge is 2.26. The van der Waals surface area contributed by atoms with E-state index in [4.69, 9.17) is 19.0 Å². The third-order valence-corrected chi connectivity index (χ3v) is 7.17. The Kier molecular flexibility index (Phi) is 15.1. The summed E-state index contributed by atoms with van der Waals surface area (Å²) in [4.78, 5) is 5.27. The minimum absolute atomic E-state index is 0.0218. The summed E-state index contributed by atoms with van der Waals surface area (Å²) in [5.41, 5.74) is 5.57. The highest BCUT2D eigenvalue weighted by Crippen LogP contribution is 2.43. The van der Waals surface area contributed by atoms with E-state index in [9.17, 15) is 4.57 Å². The molecule has 0 aromatic rings. The molecule has 0 spiro atoms. The molecular formula is C28H46NO5P. The lowest BCUT2D eigenvalue weighted by molar-refractivity contribution is 0.137. The molecule has 0 saturated heterocycles. The van der Waals surface area contributed by atoms with Crippen LogP contribution in [0.4, 0.5) is 0 Å². The van der Waals surface area contributed by atoms with Gasteiger partial charge in [-0.2, -0.15) is 0 Å². The van der Waals surface area contributed by atoms with Gasteiger partial charge in [-0.3, -0.25) is 4.57 Å². The van der Waals surface area contributed by atoms with Crippen molar-refractivity contribution in [3.05, 3.63) is 58.7 Å². The number of aliphatic hydroxyl groups is 1. The van der Waals surface area contributed by atoms with E-state index in [0.717, 1.165) is 24.8 Å². The van der Waals surface area contributed by atoms with Gasteiger partial charge >= 0.3 is 7.60 Å². The minimum atomic E-state index is -3.06. The van der Waals surface area contributed by atoms with Crippen LogP contribution in [0.25, 0.3) is 0 Å². The van der Waals surface area contributed by atoms with Gasteiger partial charge in [0.2, 0.25) is 0 Å². The topological polar surface area (TPSA) is 77.4 Å². The molecule has 0 aromatic heterocycles. The monoisotopic (exact) mass is 507 g/mol. The number of hydrogen-bond acceptors (Lipinski definition) is 6. The van der Waals surface area contributed by atoms with Crippen molar-refractivity contribution in [2.24, 2.45) is 10.6 Å². The first kappa shape index (κ1) is 31.3. The Balaban J connectivity index is 2.28. The largest absolute Gasteiger partial charge is 0.396 e. The number of allylic oxidation sites excluding steroid dienone is 10. The fourth-order valence-electron chi connectivity index (χ4n) is 3.85. The molecule has 1 aliphatic carbocycles. The Morgan fingerprint density at radius 3 is 2.46 bits per heavy atom. The van der Waals surface area contributed by atoms with E-state index in [0.29, 0.717) is 13.2 Å². The van der Waals surface area contributed by atoms with Crippen LogP contribution < -0.4 is 0 Å². The summed E-state index contributed by atoms with van der Waals surface area (Å²) in [7, 11) is -3.06. The van der Waals surface area contributed by atoms with Crippen molar-refractivity contribution in [1.82, 2.24) is 0 Å². The highest BCUT2D eigenvalue weighted by atomic mass is 31.2. The zero-order valence-corrected chi connectivity index (χ0v) is 23.5. The van der Waals surface area contributed by atoms with E-state index in [1.54, 1.807) is 6.21 Å². The van der Waals surface area contributed by atoms with Gasteiger partial charge < -0.3 is 19.0 Å². The van der Waals surface area contributed by atoms with E-state index in [1.165, 1.54) is 42.6 Å². The van der Waals surface area contributed by atoms with Gasteiger partial charge in [-0.1, -0.05) is 60.5 Å². The standard InChI is InChI=1S/C28H46NO5P/c1-24(15-16-27-26(3)14-11-18-28(27,4)5)12-10-13-25(2)17-19-29-32-21-8-7-9-22-33-35(6,31)34-23-20-30/h10,12-13,15-17,19,30H,7-9,11,14,18,20-23H2,1-6H3/b13-10+,16-15+,24-12+,25-17+,29-19?. The van der Waals surface area contributed by atoms with Crippen LogP contribution in [0.15, 0.2) is 63.9 Å². The molecule has 0 aliphatic heterocycles. The van der Waals surface area contributed by atoms with Crippen molar-refractivity contribution in [2.75, 3.05) is 33.1 Å². The Labute approximate surface area is 213 Å². The van der Waals surface area contributed by atoms with Gasteiger partial charge in [0.05, 0.1) is 26.0 Å². The Bertz CT molecular complexity index is 865. The van der Waals surface area contributed by atoms with Crippen molar-refractivity contribution in [3.63, 3.8) is 0 Å². The normalized spacial score (nSPS) is 19.3. The zero-order valence-electron chi connectivity index (χ0n) is 22.6. The molecule has 1 N–H and O–H groups in total. The predicted molar refractivity (Wildman–Crippen MR) is 147 cm³/mol. The van der Waals surface area contributed by atoms with Crippen LogP contribution >= 0.6 is 7.60 Å². The summed E-state index contributed by atoms with van der Waals surface area (Å²) in [5, 5.41) is 12.6. The summed E-state index contributed by atoms with van der Waals surface area (Å²) in [6.07, 6.45) is 20.5. The molecule has 7 heteroatoms. The lowest BCUT2D eigenvalue weighted by Gasteiger charge is -2.32. The molecule has 0 aromatic carbocycles. The van der Waals surface area contributed by atoms with Crippen molar-refractivity contribution in [3.8, 4) is 0 Å². The molecule has 0 heterocycles. The predicted octanol–water partition coefficient (Wildman–Crippen LogP) is 7.54. The van der Waals surface area contributed by atoms with E-state index in [-0.39, 0.29) is 18.6 Å². The van der Waals surface area contributed by atoms with Crippen LogP contribution in [-0.2, 0) is 18.5 Å². The molecule has 1 atom stereocenters. The molecule has 35 heavy (non-hydrogen) atoms. The van der Waals surface area contributed by atoms with Gasteiger partial charge in [0.15, 0.2) is 0 Å². The highest BCUT2D eigenvalue weighted by molar-refractivity contribution is 7.52. The number of nitrogens with zero attached hydrogens (tertiary/aromatic N) is 1. The molecule has 198 valence electrons. The summed E-state index contributed by atoms with van der Waals surface area (Å²) in [6.45, 7) is 13.2. The SMILES string of the molecule is CC1=C(/C=C/C(C)=C/C=C/C(C)=C/C=NOCCCCCOP(C)(=O)OCCO)C(C)(C)CCC1. The van der Waals surface area contributed by atoms with Crippen molar-refractivity contribution in [2.45, 2.75) is 73.1 Å². The summed E-state index contributed by atoms with van der Waals surface area (Å²) < 4.78 is 22.0. The summed E-state index contributed by atoms with van der Waals surface area (Å²) >= 11 is 0. The lowest BCUT2D eigenvalue weighted by atomic mass is 9.72. The van der Waals surface area contributed by atoms with E-state index in [2.05, 4.69) is 63.2 Å². The third kappa shape index (κ3) is 14.4. The fraction of sp³-hybridized carbons (Fsp3) is 0.607. The van der Waals surface area contributed by atoms with E-state index in [1.807, 2.05) is 13.0 Å². The van der Waals surface area contributed by atoms with E-state index < -0.39 is 7.60 Å². The molecule has 1 aliphatic rings. The second-order valence-electron chi connectivity index (χ2n) is 9.76. The first-order valence-electron chi connectivity index (χ1n) is 12.6. The summed E-state index contributed by atoms with van der Waals surface area (Å²) in [6, 6.07) is 0. The molecule has 6 nitrogen and oxygen atoms in total. The average Bonchev–Trinajstić information content (AvgIpc) is 2.78. The average molecular weight is 508 g/mol. The maximum absolute atomic E-state index is 11.8. The zero-order chi connectivity index (χ0) is 26.2. The maximum atomic E-state index is 11.8. The number of unbranched alkanes of at least 4 members (excludes halogenated alkanes) is 2. The number of oxime groups is 1. The van der Waals surface area contributed by atoms with Gasteiger partial charge in [0, 0.05) is 6.66 Å². The van der Waals surface area contributed by atoms with E-state index >= 15 is 0 Å². The van der Waals surface area contributed by atoms with Crippen molar-refractivity contribution in [1.29, 1.82) is 0 Å². The van der Waals surface area contributed by atoms with Gasteiger partial charge in [0.1, 0.15) is 6.61 Å². The fourth-order valence-corrected chi connectivity index (χ4v) is 4.80. The van der Waals surface area contributed by atoms with Crippen LogP contribution in [0, 0.1) is 5.41 Å². The smallest absolute Gasteiger partial charge is 0.327 e. The van der Waals surface area contributed by atoms with Gasteiger partial charge in [-0.05, 0) is 81.9 Å². The molecule has 0 radical (unpaired) electrons. The van der Waals surface area contributed by atoms with Crippen LogP contribution in [0.5, 0.6) is 0 Å². The first-order valence-corrected chi connectivity index (χ1v) is 14.6. The van der Waals surface area contributed by atoms with Crippen molar-refractivity contribution < 1.29 is 23.6 Å². The van der Waals surface area contributed by atoms with Crippen molar-refractivity contribution >= 4 is 13.8 Å². The second kappa shape index (κ2) is 16.9. The third-order valence-electron chi connectivity index (χ3n) is 5.87. The quantitative estimate of drug-likeness (QED) is 0.0768. The Hall–Kier alpha value is -1.72. The van der Waals surface area contributed by atoms with Crippen LogP contribution in [-0.4, -0.2) is 44.4 Å². The van der Waals surface area contributed by atoms with Crippen LogP contribution in [0.1, 0.15) is 73.1 Å². The Morgan fingerprint density at radius 2 is 1.74 bits per heavy atom. The molecule has 0 fully saturated rings. The molecule has 0 saturated carbocycles. The molecule has 1 rings (SSSR count). The molecule has 0 amide bonds. The lowest BCUT2D eigenvalue weighted by Crippen LogP contribution is -2.19. The summed E-state index contributed by atoms with van der Waals surface area (Å²) in [5.74, 6) is 0. The molecular weight excluding hydrogens is 461 g/mol. The Morgan fingerprint density at radius 1 is 1.06 bits per heavy atom. The van der Waals surface area contributed by atoms with Crippen LogP contribution in [0.3, 0.4) is 0 Å².